The molecule has 0 bridgehead atoms. The van der Waals surface area contributed by atoms with Crippen molar-refractivity contribution in [2.45, 2.75) is 64.6 Å². The first kappa shape index (κ1) is 45.8. The molecular weight excluding hydrogens is 872 g/mol. The Morgan fingerprint density at radius 1 is 0.896 bits per heavy atom. The Kier molecular flexibility index (Phi) is 13.3. The van der Waals surface area contributed by atoms with Crippen molar-refractivity contribution in [3.63, 3.8) is 0 Å². The van der Waals surface area contributed by atoms with E-state index in [0.29, 0.717) is 71.6 Å². The smallest absolute Gasteiger partial charge is 0.255 e. The van der Waals surface area contributed by atoms with Crippen LogP contribution in [0.25, 0.3) is 5.69 Å². The van der Waals surface area contributed by atoms with Gasteiger partial charge in [-0.3, -0.25) is 29.5 Å². The molecule has 3 amide bonds. The lowest BCUT2D eigenvalue weighted by molar-refractivity contribution is -0.136. The predicted molar refractivity (Wildman–Crippen MR) is 257 cm³/mol. The summed E-state index contributed by atoms with van der Waals surface area (Å²) >= 11 is 0. The number of methoxy groups -OCH3 is 1. The standard InChI is InChI=1S/C48H59N12O6P/c1-6-32-26-38(52-48-49-28-41(60-30-50-31(2)55-60)45(54-48)51-37-9-7-8-10-43(37)67(4,5)64)42(65-3)27-40(32)58-17-15-34(16-18-58)57-21-19-56(20-22-57)23-24-66-35-11-12-36-33(25-35)29-59(47(36)63)39-13-14-44(61)53-46(39)62/h7-12,25-28,30,34,39H,6,13-24,29H2,1-5H3,(H,53,61,62)(H2,49,51,52,54). The predicted octanol–water partition coefficient (Wildman–Crippen LogP) is 5.10. The van der Waals surface area contributed by atoms with Crippen molar-refractivity contribution in [3.05, 3.63) is 89.6 Å². The SMILES string of the molecule is CCc1cc(Nc2ncc(-n3cnc(C)n3)c(Nc3ccccc3P(C)(C)=O)n2)c(OC)cc1N1CCC(N2CCN(CCOc3ccc4c(c3)CN(C3CCC(=O)NC3=O)C4=O)CC2)CC1. The summed E-state index contributed by atoms with van der Waals surface area (Å²) in [6.45, 7) is 15.1. The summed E-state index contributed by atoms with van der Waals surface area (Å²) in [4.78, 5) is 60.2. The molecule has 6 heterocycles. The molecule has 3 fully saturated rings. The van der Waals surface area contributed by atoms with Crippen LogP contribution in [-0.4, -0.2) is 142 Å². The van der Waals surface area contributed by atoms with Crippen LogP contribution in [0.3, 0.4) is 0 Å². The van der Waals surface area contributed by atoms with Gasteiger partial charge in [0.25, 0.3) is 5.91 Å². The van der Waals surface area contributed by atoms with Crippen LogP contribution in [0, 0.1) is 6.92 Å². The quantitative estimate of drug-likeness (QED) is 0.0928. The zero-order valence-corrected chi connectivity index (χ0v) is 39.7. The number of aromatic nitrogens is 5. The number of carbonyl (C=O) groups is 3. The Labute approximate surface area is 390 Å². The number of nitrogens with one attached hydrogen (secondary N) is 3. The van der Waals surface area contributed by atoms with Gasteiger partial charge in [0.15, 0.2) is 5.82 Å². The molecule has 5 aromatic rings. The maximum Gasteiger partial charge on any atom is 0.255 e. The van der Waals surface area contributed by atoms with Crippen LogP contribution in [0.4, 0.5) is 28.8 Å². The fourth-order valence-electron chi connectivity index (χ4n) is 9.67. The van der Waals surface area contributed by atoms with Crippen molar-refractivity contribution in [2.75, 3.05) is 88.4 Å². The number of piperidine rings is 2. The van der Waals surface area contributed by atoms with Gasteiger partial charge >= 0.3 is 0 Å². The van der Waals surface area contributed by atoms with Crippen LogP contribution in [-0.2, 0) is 27.1 Å². The summed E-state index contributed by atoms with van der Waals surface area (Å²) in [7, 11) is -0.937. The van der Waals surface area contributed by atoms with Gasteiger partial charge in [-0.05, 0) is 93.5 Å². The molecule has 4 aliphatic heterocycles. The molecule has 0 aliphatic carbocycles. The molecule has 9 rings (SSSR count). The maximum atomic E-state index is 13.2. The number of imide groups is 1. The van der Waals surface area contributed by atoms with E-state index in [1.165, 1.54) is 11.3 Å². The highest BCUT2D eigenvalue weighted by molar-refractivity contribution is 7.70. The number of nitrogens with zero attached hydrogens (tertiary/aromatic N) is 9. The van der Waals surface area contributed by atoms with Gasteiger partial charge in [-0.1, -0.05) is 19.1 Å². The molecule has 4 aliphatic rings. The monoisotopic (exact) mass is 930 g/mol. The lowest BCUT2D eigenvalue weighted by atomic mass is 9.99. The Morgan fingerprint density at radius 2 is 1.69 bits per heavy atom. The second-order valence-electron chi connectivity index (χ2n) is 18.0. The summed E-state index contributed by atoms with van der Waals surface area (Å²) in [6.07, 6.45) is 6.86. The minimum atomic E-state index is -2.62. The van der Waals surface area contributed by atoms with Crippen molar-refractivity contribution in [1.29, 1.82) is 0 Å². The van der Waals surface area contributed by atoms with Gasteiger partial charge in [0.2, 0.25) is 17.8 Å². The average Bonchev–Trinajstić information content (AvgIpc) is 3.90. The van der Waals surface area contributed by atoms with E-state index in [2.05, 4.69) is 64.8 Å². The van der Waals surface area contributed by atoms with Crippen LogP contribution >= 0.6 is 7.14 Å². The highest BCUT2D eigenvalue weighted by Crippen LogP contribution is 2.40. The molecule has 19 heteroatoms. The number of amides is 3. The molecule has 0 spiro atoms. The number of hydrogen-bond donors (Lipinski definition) is 3. The molecule has 352 valence electrons. The molecule has 3 aromatic carbocycles. The Bertz CT molecular complexity index is 2710. The average molecular weight is 931 g/mol. The van der Waals surface area contributed by atoms with E-state index >= 15 is 0 Å². The van der Waals surface area contributed by atoms with Gasteiger partial charge in [0, 0.05) is 87.4 Å². The van der Waals surface area contributed by atoms with Crippen molar-refractivity contribution >= 4 is 59.0 Å². The summed E-state index contributed by atoms with van der Waals surface area (Å²) < 4.78 is 27.0. The fourth-order valence-corrected chi connectivity index (χ4v) is 10.8. The van der Waals surface area contributed by atoms with Gasteiger partial charge in [0.05, 0.1) is 24.7 Å². The molecule has 1 atom stereocenters. The third kappa shape index (κ3) is 10.0. The van der Waals surface area contributed by atoms with Gasteiger partial charge in [0.1, 0.15) is 49.1 Å². The number of fused-ring (bicyclic) bond motifs is 1. The molecule has 3 N–H and O–H groups in total. The second kappa shape index (κ2) is 19.5. The molecule has 1 unspecified atom stereocenters. The van der Waals surface area contributed by atoms with E-state index in [0.717, 1.165) is 81.6 Å². The highest BCUT2D eigenvalue weighted by atomic mass is 31.2. The molecule has 0 radical (unpaired) electrons. The first-order valence-electron chi connectivity index (χ1n) is 23.1. The number of ether oxygens (including phenoxy) is 2. The second-order valence-corrected chi connectivity index (χ2v) is 21.2. The van der Waals surface area contributed by atoms with Crippen molar-refractivity contribution in [2.24, 2.45) is 0 Å². The van der Waals surface area contributed by atoms with Crippen LogP contribution in [0.15, 0.2) is 67.1 Å². The number of carbonyl (C=O) groups excluding carboxylic acids is 3. The third-order valence-electron chi connectivity index (χ3n) is 13.3. The summed E-state index contributed by atoms with van der Waals surface area (Å²) in [5.41, 5.74) is 5.84. The van der Waals surface area contributed by atoms with E-state index in [9.17, 15) is 18.9 Å². The third-order valence-corrected chi connectivity index (χ3v) is 14.8. The molecule has 67 heavy (non-hydrogen) atoms. The summed E-state index contributed by atoms with van der Waals surface area (Å²) in [5, 5.41) is 14.4. The van der Waals surface area contributed by atoms with E-state index in [1.807, 2.05) is 43.3 Å². The van der Waals surface area contributed by atoms with Gasteiger partial charge < -0.3 is 34.5 Å². The largest absolute Gasteiger partial charge is 0.494 e. The molecule has 18 nitrogen and oxygen atoms in total. The first-order chi connectivity index (χ1) is 32.3. The molecular formula is C48H59N12O6P. The molecule has 0 saturated carbocycles. The molecule has 3 saturated heterocycles. The zero-order valence-electron chi connectivity index (χ0n) is 38.8. The number of para-hydroxylation sites is 1. The number of piperazine rings is 1. The fraction of sp³-hybridized carbons (Fsp3) is 0.438. The lowest BCUT2D eigenvalue weighted by Gasteiger charge is -2.43. The van der Waals surface area contributed by atoms with Crippen LogP contribution in [0.1, 0.15) is 59.9 Å². The van der Waals surface area contributed by atoms with Crippen molar-refractivity contribution in [3.8, 4) is 17.2 Å². The van der Waals surface area contributed by atoms with Crippen LogP contribution in [0.2, 0.25) is 0 Å². The van der Waals surface area contributed by atoms with Crippen LogP contribution < -0.4 is 35.6 Å². The van der Waals surface area contributed by atoms with E-state index in [1.54, 1.807) is 48.6 Å². The Morgan fingerprint density at radius 3 is 2.40 bits per heavy atom. The van der Waals surface area contributed by atoms with Crippen LogP contribution in [0.5, 0.6) is 11.5 Å². The van der Waals surface area contributed by atoms with E-state index < -0.39 is 19.1 Å². The molecule has 2 aromatic heterocycles. The Balaban J connectivity index is 0.785. The number of rotatable bonds is 15. The number of benzene rings is 3. The first-order valence-corrected chi connectivity index (χ1v) is 25.7. The summed E-state index contributed by atoms with van der Waals surface area (Å²) in [6, 6.07) is 17.2. The zero-order chi connectivity index (χ0) is 46.8. The van der Waals surface area contributed by atoms with Gasteiger partial charge in [-0.15, -0.1) is 0 Å². The summed E-state index contributed by atoms with van der Waals surface area (Å²) in [5.74, 6) is 1.96. The minimum absolute atomic E-state index is 0.182. The van der Waals surface area contributed by atoms with E-state index in [4.69, 9.17) is 14.5 Å². The normalized spacial score (nSPS) is 18.5. The highest BCUT2D eigenvalue weighted by Gasteiger charge is 2.39. The van der Waals surface area contributed by atoms with Gasteiger partial charge in [-0.25, -0.2) is 14.6 Å². The van der Waals surface area contributed by atoms with Crippen molar-refractivity contribution in [1.82, 2.24) is 44.7 Å². The number of anilines is 5. The number of hydrogen-bond acceptors (Lipinski definition) is 15. The minimum Gasteiger partial charge on any atom is -0.494 e. The van der Waals surface area contributed by atoms with E-state index in [-0.39, 0.29) is 18.2 Å². The van der Waals surface area contributed by atoms with Crippen molar-refractivity contribution < 1.29 is 28.4 Å². The Hall–Kier alpha value is -6.36. The number of aryl methyl sites for hydroxylation is 2. The topological polar surface area (TPSA) is 192 Å². The van der Waals surface area contributed by atoms with Gasteiger partial charge in [-0.2, -0.15) is 10.1 Å². The maximum absolute atomic E-state index is 13.2. The lowest BCUT2D eigenvalue weighted by Crippen LogP contribution is -2.53.